The van der Waals surface area contributed by atoms with E-state index in [4.69, 9.17) is 16.9 Å². The highest BCUT2D eigenvalue weighted by Crippen LogP contribution is 2.24. The summed E-state index contributed by atoms with van der Waals surface area (Å²) >= 11 is 5.82. The lowest BCUT2D eigenvalue weighted by Gasteiger charge is -1.98. The molecule has 0 unspecified atom stereocenters. The lowest BCUT2D eigenvalue weighted by molar-refractivity contribution is 0.475. The van der Waals surface area contributed by atoms with Crippen LogP contribution in [-0.2, 0) is 0 Å². The smallest absolute Gasteiger partial charge is 0.134 e. The van der Waals surface area contributed by atoms with Gasteiger partial charge in [0, 0.05) is 0 Å². The molecule has 2 rings (SSSR count). The van der Waals surface area contributed by atoms with E-state index < -0.39 is 0 Å². The molecular formula is C15H10ClNO. The van der Waals surface area contributed by atoms with Gasteiger partial charge in [-0.2, -0.15) is 5.26 Å². The third kappa shape index (κ3) is 2.91. The molecule has 88 valence electrons. The van der Waals surface area contributed by atoms with Crippen molar-refractivity contribution in [3.8, 4) is 11.8 Å². The Hall–Kier alpha value is -2.24. The fourth-order valence-electron chi connectivity index (χ4n) is 1.49. The van der Waals surface area contributed by atoms with Crippen LogP contribution in [0.5, 0.6) is 5.75 Å². The molecule has 0 heterocycles. The molecule has 0 saturated carbocycles. The van der Waals surface area contributed by atoms with Gasteiger partial charge in [-0.1, -0.05) is 42.0 Å². The summed E-state index contributed by atoms with van der Waals surface area (Å²) in [6.45, 7) is 0. The zero-order valence-electron chi connectivity index (χ0n) is 9.47. The van der Waals surface area contributed by atoms with Crippen LogP contribution in [0, 0.1) is 11.3 Å². The van der Waals surface area contributed by atoms with Gasteiger partial charge in [-0.25, -0.2) is 0 Å². The molecule has 0 bridgehead atoms. The molecular weight excluding hydrogens is 246 g/mol. The van der Waals surface area contributed by atoms with Gasteiger partial charge in [-0.15, -0.1) is 0 Å². The number of benzene rings is 2. The molecule has 1 N–H and O–H groups in total. The van der Waals surface area contributed by atoms with Gasteiger partial charge in [0.05, 0.1) is 16.7 Å². The van der Waals surface area contributed by atoms with Crippen molar-refractivity contribution in [2.45, 2.75) is 0 Å². The van der Waals surface area contributed by atoms with Crippen LogP contribution in [0.3, 0.4) is 0 Å². The van der Waals surface area contributed by atoms with Crippen molar-refractivity contribution in [2.24, 2.45) is 0 Å². The SMILES string of the molecule is N#Cc1ccc(/C=C/c2ccc(O)c(Cl)c2)cc1. The third-order valence-corrected chi connectivity index (χ3v) is 2.78. The zero-order valence-corrected chi connectivity index (χ0v) is 10.2. The Balaban J connectivity index is 2.19. The van der Waals surface area contributed by atoms with Crippen molar-refractivity contribution in [3.63, 3.8) is 0 Å². The zero-order chi connectivity index (χ0) is 13.0. The molecule has 0 aliphatic heterocycles. The van der Waals surface area contributed by atoms with Gasteiger partial charge in [0.2, 0.25) is 0 Å². The molecule has 3 heteroatoms. The van der Waals surface area contributed by atoms with Crippen LogP contribution in [-0.4, -0.2) is 5.11 Å². The minimum atomic E-state index is 0.0761. The first-order valence-electron chi connectivity index (χ1n) is 5.36. The normalized spacial score (nSPS) is 10.4. The quantitative estimate of drug-likeness (QED) is 0.822. The van der Waals surface area contributed by atoms with Gasteiger partial charge >= 0.3 is 0 Å². The Labute approximate surface area is 110 Å². The number of phenolic OH excluding ortho intramolecular Hbond substituents is 1. The summed E-state index contributed by atoms with van der Waals surface area (Å²) in [5.41, 5.74) is 2.54. The first kappa shape index (κ1) is 12.2. The summed E-state index contributed by atoms with van der Waals surface area (Å²) in [7, 11) is 0. The van der Waals surface area contributed by atoms with E-state index in [1.807, 2.05) is 24.3 Å². The van der Waals surface area contributed by atoms with E-state index in [1.54, 1.807) is 30.3 Å². The second-order valence-electron chi connectivity index (χ2n) is 3.78. The number of aromatic hydroxyl groups is 1. The minimum Gasteiger partial charge on any atom is -0.506 e. The van der Waals surface area contributed by atoms with Gasteiger partial charge in [0.1, 0.15) is 5.75 Å². The number of hydrogen-bond donors (Lipinski definition) is 1. The van der Waals surface area contributed by atoms with Crippen molar-refractivity contribution >= 4 is 23.8 Å². The van der Waals surface area contributed by atoms with Crippen LogP contribution in [0.4, 0.5) is 0 Å². The van der Waals surface area contributed by atoms with Crippen LogP contribution in [0.15, 0.2) is 42.5 Å². The van der Waals surface area contributed by atoms with Crippen molar-refractivity contribution in [1.82, 2.24) is 0 Å². The van der Waals surface area contributed by atoms with Crippen LogP contribution in [0.2, 0.25) is 5.02 Å². The molecule has 0 saturated heterocycles. The van der Waals surface area contributed by atoms with E-state index >= 15 is 0 Å². The van der Waals surface area contributed by atoms with Gasteiger partial charge in [-0.05, 0) is 35.4 Å². The summed E-state index contributed by atoms with van der Waals surface area (Å²) in [5.74, 6) is 0.0761. The number of phenols is 1. The molecule has 0 aliphatic rings. The molecule has 2 nitrogen and oxygen atoms in total. The summed E-state index contributed by atoms with van der Waals surface area (Å²) in [6.07, 6.45) is 3.82. The molecule has 2 aromatic carbocycles. The fraction of sp³-hybridized carbons (Fsp3) is 0. The van der Waals surface area contributed by atoms with Gasteiger partial charge in [0.25, 0.3) is 0 Å². The number of nitriles is 1. The number of rotatable bonds is 2. The van der Waals surface area contributed by atoms with Gasteiger partial charge < -0.3 is 5.11 Å². The number of nitrogens with zero attached hydrogens (tertiary/aromatic N) is 1. The Morgan fingerprint density at radius 3 is 2.22 bits per heavy atom. The summed E-state index contributed by atoms with van der Waals surface area (Å²) in [4.78, 5) is 0. The van der Waals surface area contributed by atoms with Crippen LogP contribution in [0.1, 0.15) is 16.7 Å². The van der Waals surface area contributed by atoms with E-state index in [0.717, 1.165) is 11.1 Å². The summed E-state index contributed by atoms with van der Waals surface area (Å²) in [6, 6.07) is 14.4. The van der Waals surface area contributed by atoms with Crippen LogP contribution >= 0.6 is 11.6 Å². The molecule has 0 spiro atoms. The standard InChI is InChI=1S/C15H10ClNO/c16-14-9-12(7-8-15(14)18)4-1-11-2-5-13(10-17)6-3-11/h1-9,18H/b4-1+. The van der Waals surface area contributed by atoms with E-state index in [0.29, 0.717) is 10.6 Å². The summed E-state index contributed by atoms with van der Waals surface area (Å²) < 4.78 is 0. The molecule has 0 aromatic heterocycles. The average molecular weight is 256 g/mol. The van der Waals surface area contributed by atoms with E-state index in [9.17, 15) is 5.11 Å². The Kier molecular flexibility index (Phi) is 3.66. The molecule has 0 aliphatic carbocycles. The van der Waals surface area contributed by atoms with Crippen molar-refractivity contribution in [2.75, 3.05) is 0 Å². The predicted molar refractivity (Wildman–Crippen MR) is 73.2 cm³/mol. The highest BCUT2D eigenvalue weighted by atomic mass is 35.5. The van der Waals surface area contributed by atoms with E-state index in [-0.39, 0.29) is 5.75 Å². The second-order valence-corrected chi connectivity index (χ2v) is 4.19. The van der Waals surface area contributed by atoms with Gasteiger partial charge in [-0.3, -0.25) is 0 Å². The van der Waals surface area contributed by atoms with E-state index in [1.165, 1.54) is 0 Å². The lowest BCUT2D eigenvalue weighted by Crippen LogP contribution is -1.76. The second kappa shape index (κ2) is 5.39. The minimum absolute atomic E-state index is 0.0761. The molecule has 0 atom stereocenters. The van der Waals surface area contributed by atoms with Crippen molar-refractivity contribution in [3.05, 3.63) is 64.2 Å². The molecule has 0 radical (unpaired) electrons. The molecule has 2 aromatic rings. The Bertz CT molecular complexity index is 624. The first-order chi connectivity index (χ1) is 8.69. The van der Waals surface area contributed by atoms with Crippen LogP contribution in [0.25, 0.3) is 12.2 Å². The predicted octanol–water partition coefficient (Wildman–Crippen LogP) is 4.09. The highest BCUT2D eigenvalue weighted by molar-refractivity contribution is 6.32. The number of hydrogen-bond acceptors (Lipinski definition) is 2. The first-order valence-corrected chi connectivity index (χ1v) is 5.73. The Morgan fingerprint density at radius 2 is 1.61 bits per heavy atom. The Morgan fingerprint density at radius 1 is 1.00 bits per heavy atom. The summed E-state index contributed by atoms with van der Waals surface area (Å²) in [5, 5.41) is 18.3. The molecule has 0 fully saturated rings. The largest absolute Gasteiger partial charge is 0.506 e. The maximum absolute atomic E-state index is 9.30. The maximum Gasteiger partial charge on any atom is 0.134 e. The molecule has 0 amide bonds. The third-order valence-electron chi connectivity index (χ3n) is 2.48. The fourth-order valence-corrected chi connectivity index (χ4v) is 1.68. The topological polar surface area (TPSA) is 44.0 Å². The lowest BCUT2D eigenvalue weighted by atomic mass is 10.1. The van der Waals surface area contributed by atoms with Crippen molar-refractivity contribution in [1.29, 1.82) is 5.26 Å². The average Bonchev–Trinajstić information content (AvgIpc) is 2.41. The number of halogens is 1. The van der Waals surface area contributed by atoms with Crippen molar-refractivity contribution < 1.29 is 5.11 Å². The van der Waals surface area contributed by atoms with Crippen LogP contribution < -0.4 is 0 Å². The maximum atomic E-state index is 9.30. The highest BCUT2D eigenvalue weighted by Gasteiger charge is 1.97. The monoisotopic (exact) mass is 255 g/mol. The van der Waals surface area contributed by atoms with E-state index in [2.05, 4.69) is 6.07 Å². The van der Waals surface area contributed by atoms with Gasteiger partial charge in [0.15, 0.2) is 0 Å². The molecule has 18 heavy (non-hydrogen) atoms.